The van der Waals surface area contributed by atoms with Crippen LogP contribution in [0.2, 0.25) is 0 Å². The largest absolute Gasteiger partial charge is 0.337 e. The number of aryl methyl sites for hydroxylation is 2. The lowest BCUT2D eigenvalue weighted by atomic mass is 10.1. The Morgan fingerprint density at radius 1 is 1.06 bits per heavy atom. The van der Waals surface area contributed by atoms with Gasteiger partial charge in [-0.05, 0) is 34.5 Å². The molecule has 2 heterocycles. The van der Waals surface area contributed by atoms with Crippen LogP contribution in [0.5, 0.6) is 0 Å². The smallest absolute Gasteiger partial charge is 0.107 e. The minimum Gasteiger partial charge on any atom is -0.337 e. The number of nitrogens with zero attached hydrogens (tertiary/aromatic N) is 2. The van der Waals surface area contributed by atoms with Crippen LogP contribution in [-0.2, 0) is 12.8 Å². The van der Waals surface area contributed by atoms with Crippen LogP contribution in [0.3, 0.4) is 0 Å². The summed E-state index contributed by atoms with van der Waals surface area (Å²) in [7, 11) is 0. The zero-order valence-corrected chi connectivity index (χ0v) is 11.3. The summed E-state index contributed by atoms with van der Waals surface area (Å²) in [5.74, 6) is 0.983. The summed E-state index contributed by atoms with van der Waals surface area (Å²) in [5.41, 5.74) is 2.15. The van der Waals surface area contributed by atoms with E-state index in [-0.39, 0.29) is 0 Å². The lowest BCUT2D eigenvalue weighted by Gasteiger charge is -2.01. The number of fused-ring (bicyclic) bond motifs is 1. The molecule has 0 aliphatic rings. The average molecular weight is 302 g/mol. The standard InChI is InChI=1S/C14H12BrN3/c15-13-9-16-14(18-13)8-7-11-6-5-10-3-1-2-4-12(10)17-11/h1-6,9H,7-8H2,(H,16,18). The number of hydrogen-bond acceptors (Lipinski definition) is 2. The third-order valence-corrected chi connectivity index (χ3v) is 3.27. The van der Waals surface area contributed by atoms with Crippen LogP contribution < -0.4 is 0 Å². The van der Waals surface area contributed by atoms with E-state index in [1.165, 1.54) is 5.39 Å². The third kappa shape index (κ3) is 2.43. The first-order valence-corrected chi connectivity index (χ1v) is 6.64. The van der Waals surface area contributed by atoms with Crippen molar-refractivity contribution in [2.24, 2.45) is 0 Å². The second kappa shape index (κ2) is 4.90. The number of rotatable bonds is 3. The van der Waals surface area contributed by atoms with E-state index in [4.69, 9.17) is 0 Å². The van der Waals surface area contributed by atoms with E-state index in [9.17, 15) is 0 Å². The number of halogens is 1. The minimum absolute atomic E-state index is 0.872. The molecule has 3 aromatic rings. The summed E-state index contributed by atoms with van der Waals surface area (Å²) in [5, 5.41) is 1.18. The van der Waals surface area contributed by atoms with Crippen molar-refractivity contribution in [2.75, 3.05) is 0 Å². The van der Waals surface area contributed by atoms with E-state index >= 15 is 0 Å². The maximum atomic E-state index is 4.64. The maximum absolute atomic E-state index is 4.64. The van der Waals surface area contributed by atoms with Crippen molar-refractivity contribution >= 4 is 26.8 Å². The molecule has 3 nitrogen and oxygen atoms in total. The fourth-order valence-corrected chi connectivity index (χ4v) is 2.29. The van der Waals surface area contributed by atoms with Gasteiger partial charge in [-0.2, -0.15) is 0 Å². The lowest BCUT2D eigenvalue weighted by Crippen LogP contribution is -1.96. The summed E-state index contributed by atoms with van der Waals surface area (Å²) in [4.78, 5) is 12.1. The Morgan fingerprint density at radius 3 is 2.78 bits per heavy atom. The lowest BCUT2D eigenvalue weighted by molar-refractivity contribution is 0.860. The van der Waals surface area contributed by atoms with Gasteiger partial charge in [0.05, 0.1) is 11.7 Å². The molecule has 0 aliphatic carbocycles. The highest BCUT2D eigenvalue weighted by Crippen LogP contribution is 2.13. The summed E-state index contributed by atoms with van der Waals surface area (Å²) in [6, 6.07) is 12.4. The number of pyridine rings is 1. The Balaban J connectivity index is 1.78. The number of hydrogen-bond donors (Lipinski definition) is 1. The predicted molar refractivity (Wildman–Crippen MR) is 75.4 cm³/mol. The second-order valence-electron chi connectivity index (χ2n) is 4.17. The van der Waals surface area contributed by atoms with Gasteiger partial charge in [0, 0.05) is 17.5 Å². The minimum atomic E-state index is 0.872. The third-order valence-electron chi connectivity index (χ3n) is 2.87. The maximum Gasteiger partial charge on any atom is 0.107 e. The molecule has 4 heteroatoms. The van der Waals surface area contributed by atoms with Crippen molar-refractivity contribution in [1.82, 2.24) is 15.0 Å². The van der Waals surface area contributed by atoms with Gasteiger partial charge < -0.3 is 4.98 Å². The molecule has 3 rings (SSSR count). The molecule has 0 atom stereocenters. The van der Waals surface area contributed by atoms with E-state index in [0.717, 1.165) is 34.5 Å². The second-order valence-corrected chi connectivity index (χ2v) is 5.03. The molecule has 0 radical (unpaired) electrons. The fourth-order valence-electron chi connectivity index (χ4n) is 1.96. The molecule has 0 saturated heterocycles. The van der Waals surface area contributed by atoms with Gasteiger partial charge in [0.1, 0.15) is 10.4 Å². The van der Waals surface area contributed by atoms with Crippen molar-refractivity contribution in [3.8, 4) is 0 Å². The first-order valence-electron chi connectivity index (χ1n) is 5.85. The number of imidazole rings is 1. The Morgan fingerprint density at radius 2 is 1.94 bits per heavy atom. The molecule has 0 spiro atoms. The van der Waals surface area contributed by atoms with Crippen LogP contribution in [0.25, 0.3) is 10.9 Å². The fraction of sp³-hybridized carbons (Fsp3) is 0.143. The summed E-state index contributed by atoms with van der Waals surface area (Å²) >= 11 is 3.36. The molecule has 18 heavy (non-hydrogen) atoms. The highest BCUT2D eigenvalue weighted by molar-refractivity contribution is 9.10. The molecule has 0 unspecified atom stereocenters. The molecular weight excluding hydrogens is 290 g/mol. The van der Waals surface area contributed by atoms with Crippen molar-refractivity contribution in [3.05, 3.63) is 58.7 Å². The van der Waals surface area contributed by atoms with Crippen molar-refractivity contribution in [1.29, 1.82) is 0 Å². The van der Waals surface area contributed by atoms with Crippen LogP contribution in [0.4, 0.5) is 0 Å². The SMILES string of the molecule is Brc1cnc(CCc2ccc3ccccc3n2)[nH]1. The normalized spacial score (nSPS) is 10.9. The summed E-state index contributed by atoms with van der Waals surface area (Å²) in [6.45, 7) is 0. The van der Waals surface area contributed by atoms with Gasteiger partial charge in [-0.25, -0.2) is 4.98 Å². The zero-order chi connectivity index (χ0) is 12.4. The number of benzene rings is 1. The van der Waals surface area contributed by atoms with Gasteiger partial charge in [0.25, 0.3) is 0 Å². The summed E-state index contributed by atoms with van der Waals surface area (Å²) < 4.78 is 0.920. The van der Waals surface area contributed by atoms with Crippen molar-refractivity contribution in [2.45, 2.75) is 12.8 Å². The van der Waals surface area contributed by atoms with Crippen molar-refractivity contribution in [3.63, 3.8) is 0 Å². The molecule has 0 saturated carbocycles. The topological polar surface area (TPSA) is 41.6 Å². The van der Waals surface area contributed by atoms with Crippen LogP contribution >= 0.6 is 15.9 Å². The number of nitrogens with one attached hydrogen (secondary N) is 1. The molecule has 1 aromatic carbocycles. The van der Waals surface area contributed by atoms with Gasteiger partial charge in [-0.3, -0.25) is 4.98 Å². The van der Waals surface area contributed by atoms with E-state index < -0.39 is 0 Å². The number of aromatic nitrogens is 3. The number of aromatic amines is 1. The van der Waals surface area contributed by atoms with Gasteiger partial charge in [-0.1, -0.05) is 24.3 Å². The molecule has 0 amide bonds. The molecule has 0 aliphatic heterocycles. The molecule has 0 fully saturated rings. The first kappa shape index (κ1) is 11.4. The Kier molecular flexibility index (Phi) is 3.11. The van der Waals surface area contributed by atoms with Gasteiger partial charge in [-0.15, -0.1) is 0 Å². The summed E-state index contributed by atoms with van der Waals surface area (Å²) in [6.07, 6.45) is 3.55. The van der Waals surface area contributed by atoms with E-state index in [1.807, 2.05) is 18.2 Å². The Bertz CT molecular complexity index is 675. The molecule has 0 bridgehead atoms. The molecule has 90 valence electrons. The van der Waals surface area contributed by atoms with Crippen LogP contribution in [-0.4, -0.2) is 15.0 Å². The van der Waals surface area contributed by atoms with Crippen molar-refractivity contribution < 1.29 is 0 Å². The van der Waals surface area contributed by atoms with E-state index in [1.54, 1.807) is 6.20 Å². The zero-order valence-electron chi connectivity index (χ0n) is 9.73. The first-order chi connectivity index (χ1) is 8.81. The number of H-pyrrole nitrogens is 1. The molecule has 2 aromatic heterocycles. The monoisotopic (exact) mass is 301 g/mol. The van der Waals surface area contributed by atoms with Gasteiger partial charge >= 0.3 is 0 Å². The number of para-hydroxylation sites is 1. The van der Waals surface area contributed by atoms with Crippen LogP contribution in [0.1, 0.15) is 11.5 Å². The molecule has 1 N–H and O–H groups in total. The molecular formula is C14H12BrN3. The average Bonchev–Trinajstić information content (AvgIpc) is 2.82. The highest BCUT2D eigenvalue weighted by Gasteiger charge is 2.01. The van der Waals surface area contributed by atoms with E-state index in [0.29, 0.717) is 0 Å². The predicted octanol–water partition coefficient (Wildman–Crippen LogP) is 3.51. The van der Waals surface area contributed by atoms with E-state index in [2.05, 4.69) is 49.1 Å². The Labute approximate surface area is 113 Å². The van der Waals surface area contributed by atoms with Crippen LogP contribution in [0.15, 0.2) is 47.2 Å². The van der Waals surface area contributed by atoms with Gasteiger partial charge in [0.15, 0.2) is 0 Å². The Hall–Kier alpha value is -1.68. The quantitative estimate of drug-likeness (QED) is 0.804. The van der Waals surface area contributed by atoms with Gasteiger partial charge in [0.2, 0.25) is 0 Å². The van der Waals surface area contributed by atoms with Crippen LogP contribution in [0, 0.1) is 0 Å². The highest BCUT2D eigenvalue weighted by atomic mass is 79.9.